The maximum atomic E-state index is 12.2. The quantitative estimate of drug-likeness (QED) is 0.648. The van der Waals surface area contributed by atoms with Crippen LogP contribution in [0.4, 0.5) is 5.13 Å². The van der Waals surface area contributed by atoms with E-state index in [9.17, 15) is 13.2 Å². The Morgan fingerprint density at radius 2 is 1.92 bits per heavy atom. The summed E-state index contributed by atoms with van der Waals surface area (Å²) in [6.45, 7) is 1.86. The number of carbonyl (C=O) groups is 1. The number of benzene rings is 2. The maximum Gasteiger partial charge on any atom is 0.253 e. The number of nitrogens with one attached hydrogen (secondary N) is 2. The van der Waals surface area contributed by atoms with E-state index in [0.717, 1.165) is 15.8 Å². The zero-order valence-electron chi connectivity index (χ0n) is 13.1. The van der Waals surface area contributed by atoms with Gasteiger partial charge in [-0.05, 0) is 36.8 Å². The monoisotopic (exact) mass is 395 g/mol. The molecule has 2 aromatic carbocycles. The average Bonchev–Trinajstić information content (AvgIpc) is 3.01. The lowest BCUT2D eigenvalue weighted by Crippen LogP contribution is -2.34. The first kappa shape index (κ1) is 17.7. The van der Waals surface area contributed by atoms with Gasteiger partial charge >= 0.3 is 0 Å². The fourth-order valence-electron chi connectivity index (χ4n) is 2.20. The van der Waals surface area contributed by atoms with Crippen molar-refractivity contribution in [1.82, 2.24) is 10.4 Å². The third-order valence-corrected chi connectivity index (χ3v) is 6.46. The number of hydrogen-bond donors (Lipinski definition) is 2. The van der Waals surface area contributed by atoms with Crippen molar-refractivity contribution in [1.29, 1.82) is 0 Å². The molecule has 1 heterocycles. The maximum absolute atomic E-state index is 12.2. The summed E-state index contributed by atoms with van der Waals surface area (Å²) in [5.74, 6) is -1.32. The molecule has 9 heteroatoms. The molecule has 130 valence electrons. The lowest BCUT2D eigenvalue weighted by Gasteiger charge is -2.06. The smallest absolute Gasteiger partial charge is 0.253 e. The lowest BCUT2D eigenvalue weighted by molar-refractivity contribution is -0.118. The summed E-state index contributed by atoms with van der Waals surface area (Å²) in [5.41, 5.74) is 6.61. The standard InChI is InChI=1S/C16H14ClN3O3S2/c1-10-12(17)7-8-13-15(10)18-16(24-13)20-19-14(21)9-25(22,23)11-5-3-2-4-6-11/h2-8H,9H2,1H3,(H,18,20)(H,19,21). The van der Waals surface area contributed by atoms with E-state index in [-0.39, 0.29) is 4.90 Å². The molecule has 0 spiro atoms. The van der Waals surface area contributed by atoms with Crippen LogP contribution in [-0.2, 0) is 14.6 Å². The Labute approximate surface area is 153 Å². The van der Waals surface area contributed by atoms with Crippen LogP contribution in [0, 0.1) is 6.92 Å². The second kappa shape index (κ2) is 6.99. The van der Waals surface area contributed by atoms with Gasteiger partial charge in [-0.25, -0.2) is 13.4 Å². The second-order valence-corrected chi connectivity index (χ2v) is 8.71. The van der Waals surface area contributed by atoms with Crippen molar-refractivity contribution in [3.63, 3.8) is 0 Å². The number of hydrogen-bond acceptors (Lipinski definition) is 6. The fourth-order valence-corrected chi connectivity index (χ4v) is 4.38. The fraction of sp³-hybridized carbons (Fsp3) is 0.125. The summed E-state index contributed by atoms with van der Waals surface area (Å²) >= 11 is 7.39. The SMILES string of the molecule is Cc1c(Cl)ccc2sc(NNC(=O)CS(=O)(=O)c3ccccc3)nc12. The van der Waals surface area contributed by atoms with E-state index >= 15 is 0 Å². The molecule has 0 saturated carbocycles. The molecule has 0 bridgehead atoms. The van der Waals surface area contributed by atoms with Gasteiger partial charge in [-0.2, -0.15) is 0 Å². The number of thiazole rings is 1. The van der Waals surface area contributed by atoms with Crippen LogP contribution in [0.3, 0.4) is 0 Å². The van der Waals surface area contributed by atoms with Crippen LogP contribution >= 0.6 is 22.9 Å². The van der Waals surface area contributed by atoms with Gasteiger partial charge < -0.3 is 0 Å². The third kappa shape index (κ3) is 3.92. The largest absolute Gasteiger partial charge is 0.273 e. The zero-order valence-corrected chi connectivity index (χ0v) is 15.5. The molecule has 0 aliphatic carbocycles. The molecule has 0 aliphatic rings. The van der Waals surface area contributed by atoms with Gasteiger partial charge in [0.05, 0.1) is 15.1 Å². The molecular weight excluding hydrogens is 382 g/mol. The molecule has 3 rings (SSSR count). The summed E-state index contributed by atoms with van der Waals surface area (Å²) in [5, 5.41) is 1.06. The van der Waals surface area contributed by atoms with Crippen LogP contribution in [0.2, 0.25) is 5.02 Å². The Hall–Kier alpha value is -2.16. The summed E-state index contributed by atoms with van der Waals surface area (Å²) in [6.07, 6.45) is 0. The van der Waals surface area contributed by atoms with Crippen LogP contribution in [0.25, 0.3) is 10.2 Å². The van der Waals surface area contributed by atoms with Gasteiger partial charge in [-0.15, -0.1) is 0 Å². The highest BCUT2D eigenvalue weighted by atomic mass is 35.5. The van der Waals surface area contributed by atoms with E-state index < -0.39 is 21.5 Å². The van der Waals surface area contributed by atoms with Crippen LogP contribution in [0.1, 0.15) is 5.56 Å². The van der Waals surface area contributed by atoms with Crippen molar-refractivity contribution in [2.75, 3.05) is 11.2 Å². The van der Waals surface area contributed by atoms with E-state index in [1.54, 1.807) is 24.3 Å². The van der Waals surface area contributed by atoms with Crippen molar-refractivity contribution >= 4 is 54.0 Å². The van der Waals surface area contributed by atoms with Crippen molar-refractivity contribution in [2.45, 2.75) is 11.8 Å². The Balaban J connectivity index is 1.68. The molecule has 0 unspecified atom stereocenters. The third-order valence-electron chi connectivity index (χ3n) is 3.48. The number of nitrogens with zero attached hydrogens (tertiary/aromatic N) is 1. The summed E-state index contributed by atoms with van der Waals surface area (Å²) in [7, 11) is -3.69. The number of hydrazine groups is 1. The first-order valence-electron chi connectivity index (χ1n) is 7.25. The number of sulfone groups is 1. The zero-order chi connectivity index (χ0) is 18.0. The minimum absolute atomic E-state index is 0.107. The van der Waals surface area contributed by atoms with Crippen LogP contribution in [0.5, 0.6) is 0 Å². The summed E-state index contributed by atoms with van der Waals surface area (Å²) < 4.78 is 25.2. The molecule has 3 aromatic rings. The Bertz CT molecular complexity index is 1030. The van der Waals surface area contributed by atoms with E-state index in [2.05, 4.69) is 15.8 Å². The molecule has 25 heavy (non-hydrogen) atoms. The Kier molecular flexibility index (Phi) is 4.94. The molecule has 0 aliphatic heterocycles. The van der Waals surface area contributed by atoms with Gasteiger partial charge in [0.15, 0.2) is 9.84 Å². The number of anilines is 1. The van der Waals surface area contributed by atoms with Crippen LogP contribution in [-0.4, -0.2) is 25.1 Å². The van der Waals surface area contributed by atoms with Gasteiger partial charge in [0.1, 0.15) is 5.75 Å². The molecule has 0 saturated heterocycles. The first-order valence-corrected chi connectivity index (χ1v) is 10.1. The molecule has 6 nitrogen and oxygen atoms in total. The molecule has 1 amide bonds. The van der Waals surface area contributed by atoms with E-state index in [0.29, 0.717) is 10.2 Å². The minimum Gasteiger partial charge on any atom is -0.273 e. The highest BCUT2D eigenvalue weighted by Gasteiger charge is 2.19. The molecule has 0 atom stereocenters. The minimum atomic E-state index is -3.69. The van der Waals surface area contributed by atoms with E-state index in [4.69, 9.17) is 11.6 Å². The molecule has 0 fully saturated rings. The summed E-state index contributed by atoms with van der Waals surface area (Å²) in [6, 6.07) is 11.5. The molecule has 1 aromatic heterocycles. The first-order chi connectivity index (χ1) is 11.9. The van der Waals surface area contributed by atoms with Crippen molar-refractivity contribution < 1.29 is 13.2 Å². The van der Waals surface area contributed by atoms with Gasteiger partial charge in [0.25, 0.3) is 5.91 Å². The number of halogens is 1. The van der Waals surface area contributed by atoms with Crippen molar-refractivity contribution in [2.24, 2.45) is 0 Å². The molecular formula is C16H14ClN3O3S2. The van der Waals surface area contributed by atoms with E-state index in [1.165, 1.54) is 23.5 Å². The van der Waals surface area contributed by atoms with Gasteiger partial charge in [-0.3, -0.25) is 15.6 Å². The number of carbonyl (C=O) groups excluding carboxylic acids is 1. The van der Waals surface area contributed by atoms with Crippen LogP contribution in [0.15, 0.2) is 47.4 Å². The second-order valence-electron chi connectivity index (χ2n) is 5.28. The predicted molar refractivity (Wildman–Crippen MR) is 99.6 cm³/mol. The normalized spacial score (nSPS) is 11.4. The van der Waals surface area contributed by atoms with Crippen LogP contribution < -0.4 is 10.9 Å². The lowest BCUT2D eigenvalue weighted by atomic mass is 10.2. The number of amides is 1. The van der Waals surface area contributed by atoms with Crippen molar-refractivity contribution in [3.8, 4) is 0 Å². The van der Waals surface area contributed by atoms with Gasteiger partial charge in [0.2, 0.25) is 5.13 Å². The molecule has 0 radical (unpaired) electrons. The Morgan fingerprint density at radius 1 is 1.20 bits per heavy atom. The van der Waals surface area contributed by atoms with E-state index in [1.807, 2.05) is 13.0 Å². The number of fused-ring (bicyclic) bond motifs is 1. The highest BCUT2D eigenvalue weighted by molar-refractivity contribution is 7.92. The topological polar surface area (TPSA) is 88.2 Å². The summed E-state index contributed by atoms with van der Waals surface area (Å²) in [4.78, 5) is 16.4. The Morgan fingerprint density at radius 3 is 2.64 bits per heavy atom. The number of aromatic nitrogens is 1. The van der Waals surface area contributed by atoms with Gasteiger partial charge in [0, 0.05) is 5.02 Å². The number of rotatable bonds is 5. The number of aryl methyl sites for hydroxylation is 1. The highest BCUT2D eigenvalue weighted by Crippen LogP contribution is 2.31. The predicted octanol–water partition coefficient (Wildman–Crippen LogP) is 3.18. The average molecular weight is 396 g/mol. The van der Waals surface area contributed by atoms with Crippen molar-refractivity contribution in [3.05, 3.63) is 53.1 Å². The van der Waals surface area contributed by atoms with Gasteiger partial charge in [-0.1, -0.05) is 41.1 Å². The molecule has 2 N–H and O–H groups in total.